The van der Waals surface area contributed by atoms with Crippen molar-refractivity contribution >= 4 is 28.9 Å². The lowest BCUT2D eigenvalue weighted by Crippen LogP contribution is -2.10. The highest BCUT2D eigenvalue weighted by atomic mass is 16.3. The molecule has 0 amide bonds. The maximum absolute atomic E-state index is 14.6. The number of carbonyl (C=O) groups is 5. The van der Waals surface area contributed by atoms with Crippen molar-refractivity contribution in [3.05, 3.63) is 293 Å². The Morgan fingerprint density at radius 1 is 0.212 bits per heavy atom. The Morgan fingerprint density at radius 2 is 0.353 bits per heavy atom. The van der Waals surface area contributed by atoms with Crippen LogP contribution in [0.2, 0.25) is 0 Å². The van der Waals surface area contributed by atoms with E-state index >= 15 is 0 Å². The van der Waals surface area contributed by atoms with E-state index in [2.05, 4.69) is 0 Å². The zero-order chi connectivity index (χ0) is 60.0. The lowest BCUT2D eigenvalue weighted by atomic mass is 9.85. The molecule has 0 saturated carbocycles. The van der Waals surface area contributed by atoms with Gasteiger partial charge in [0.2, 0.25) is 0 Å². The Kier molecular flexibility index (Phi) is 14.7. The van der Waals surface area contributed by atoms with Crippen molar-refractivity contribution in [1.29, 1.82) is 0 Å². The predicted octanol–water partition coefficient (Wildman–Crippen LogP) is 11.2. The Balaban J connectivity index is 1.25. The monoisotopic (exact) mass is 1130 g/mol. The van der Waals surface area contributed by atoms with Crippen molar-refractivity contribution in [2.24, 2.45) is 0 Å². The van der Waals surface area contributed by atoms with Gasteiger partial charge in [0.1, 0.15) is 57.5 Å². The van der Waals surface area contributed by atoms with Crippen LogP contribution in [0, 0.1) is 0 Å². The average Bonchev–Trinajstić information content (AvgIpc) is 2.52. The number of carbonyl (C=O) groups excluding carboxylic acids is 5. The summed E-state index contributed by atoms with van der Waals surface area (Å²) in [7, 11) is 0. The predicted molar refractivity (Wildman–Crippen MR) is 312 cm³/mol. The van der Waals surface area contributed by atoms with E-state index in [4.69, 9.17) is 0 Å². The van der Waals surface area contributed by atoms with Gasteiger partial charge in [0, 0.05) is 87.7 Å². The molecule has 15 nitrogen and oxygen atoms in total. The maximum atomic E-state index is 14.6. The van der Waals surface area contributed by atoms with Crippen LogP contribution >= 0.6 is 0 Å². The van der Waals surface area contributed by atoms with Crippen molar-refractivity contribution < 1.29 is 75.0 Å². The minimum absolute atomic E-state index is 0.0703. The van der Waals surface area contributed by atoms with Gasteiger partial charge in [-0.1, -0.05) is 152 Å². The number of ketones is 5. The lowest BCUT2D eigenvalue weighted by molar-refractivity contribution is 0.102. The number of benzene rings is 10. The first kappa shape index (κ1) is 55.5. The highest BCUT2D eigenvalue weighted by Crippen LogP contribution is 2.49. The summed E-state index contributed by atoms with van der Waals surface area (Å²) in [6.45, 7) is 0. The van der Waals surface area contributed by atoms with Crippen molar-refractivity contribution in [1.82, 2.24) is 0 Å². The van der Waals surface area contributed by atoms with Crippen LogP contribution in [0.4, 0.5) is 0 Å². The summed E-state index contributed by atoms with van der Waals surface area (Å²) in [5, 5.41) is 124. The first-order valence-electron chi connectivity index (χ1n) is 26.7. The fourth-order valence-corrected chi connectivity index (χ4v) is 11.0. The van der Waals surface area contributed by atoms with Gasteiger partial charge in [-0.25, -0.2) is 0 Å². The summed E-state index contributed by atoms with van der Waals surface area (Å²) >= 11 is 0. The van der Waals surface area contributed by atoms with Crippen LogP contribution in [0.25, 0.3) is 0 Å². The molecule has 0 unspecified atom stereocenters. The second-order valence-corrected chi connectivity index (χ2v) is 20.7. The molecule has 10 aromatic rings. The van der Waals surface area contributed by atoms with Gasteiger partial charge < -0.3 is 51.1 Å². The molecule has 0 fully saturated rings. The maximum Gasteiger partial charge on any atom is 0.196 e. The number of aromatic hydroxyl groups is 10. The fourth-order valence-electron chi connectivity index (χ4n) is 11.0. The van der Waals surface area contributed by atoms with Gasteiger partial charge in [-0.3, -0.25) is 24.0 Å². The molecule has 0 atom stereocenters. The highest BCUT2D eigenvalue weighted by Gasteiger charge is 2.33. The molecule has 0 heterocycles. The standard InChI is InChI=1S/C70H50O15/c71-56(36-16-6-1-7-17-36)46-26-41-31-52-63(78)43(28-48(67(52)82)58(73)38-20-10-3-11-21-38)33-54-65(80)45(30-50(69(54)84)60(75)40-24-14-5-15-25-40)35-55-64(79)44(29-49(70(55)85)59(74)39-22-12-4-13-23-39)34-53-62(77)42(32-51(61(41)76)66(46)81)27-47(68(53)83)57(72)37-18-8-2-9-19-37/h1-30,76-85H,31-35H2. The molecule has 0 radical (unpaired) electrons. The molecule has 0 aromatic heterocycles. The Morgan fingerprint density at radius 3 is 0.494 bits per heavy atom. The molecule has 1 aliphatic carbocycles. The molecule has 1 aliphatic rings. The smallest absolute Gasteiger partial charge is 0.196 e. The van der Waals surface area contributed by atoms with Gasteiger partial charge in [0.15, 0.2) is 28.9 Å². The van der Waals surface area contributed by atoms with Gasteiger partial charge >= 0.3 is 0 Å². The summed E-state index contributed by atoms with van der Waals surface area (Å²) in [5.74, 6) is -11.7. The Labute approximate surface area is 484 Å². The van der Waals surface area contributed by atoms with Crippen molar-refractivity contribution in [3.63, 3.8) is 0 Å². The number of phenolic OH excluding ortho intramolecular Hbond substituents is 10. The number of rotatable bonds is 10. The van der Waals surface area contributed by atoms with Crippen LogP contribution in [0.5, 0.6) is 57.5 Å². The first-order valence-corrected chi connectivity index (χ1v) is 26.7. The van der Waals surface area contributed by atoms with Gasteiger partial charge in [-0.15, -0.1) is 0 Å². The Bertz CT molecular complexity index is 3730. The van der Waals surface area contributed by atoms with Crippen LogP contribution in [0.3, 0.4) is 0 Å². The molecular formula is C70H50O15. The van der Waals surface area contributed by atoms with Gasteiger partial charge in [0.25, 0.3) is 0 Å². The highest BCUT2D eigenvalue weighted by molar-refractivity contribution is 6.14. The van der Waals surface area contributed by atoms with E-state index in [0.29, 0.717) is 0 Å². The summed E-state index contributed by atoms with van der Waals surface area (Å²) in [6.07, 6.45) is -3.58. The van der Waals surface area contributed by atoms with Crippen molar-refractivity contribution in [2.75, 3.05) is 0 Å². The molecule has 15 heteroatoms. The zero-order valence-electron chi connectivity index (χ0n) is 44.9. The molecule has 85 heavy (non-hydrogen) atoms. The molecule has 10 N–H and O–H groups in total. The third-order valence-electron chi connectivity index (χ3n) is 15.5. The second-order valence-electron chi connectivity index (χ2n) is 20.7. The van der Waals surface area contributed by atoms with Crippen LogP contribution in [0.15, 0.2) is 182 Å². The van der Waals surface area contributed by atoms with Crippen LogP contribution < -0.4 is 0 Å². The van der Waals surface area contributed by atoms with E-state index in [1.165, 1.54) is 60.7 Å². The molecule has 10 aromatic carbocycles. The van der Waals surface area contributed by atoms with Crippen molar-refractivity contribution in [3.8, 4) is 57.5 Å². The molecule has 420 valence electrons. The van der Waals surface area contributed by atoms with Gasteiger partial charge in [-0.2, -0.15) is 0 Å². The number of hydrogen-bond donors (Lipinski definition) is 10. The third-order valence-corrected chi connectivity index (χ3v) is 15.5. The zero-order valence-corrected chi connectivity index (χ0v) is 44.9. The van der Waals surface area contributed by atoms with E-state index in [-0.39, 0.29) is 55.6 Å². The van der Waals surface area contributed by atoms with E-state index in [0.717, 1.165) is 30.3 Å². The van der Waals surface area contributed by atoms with Crippen LogP contribution in [-0.4, -0.2) is 80.0 Å². The normalized spacial score (nSPS) is 12.0. The fraction of sp³-hybridized carbons (Fsp3) is 0.0714. The molecule has 0 spiro atoms. The largest absolute Gasteiger partial charge is 0.507 e. The number of fused-ring (bicyclic) bond motifs is 10. The lowest BCUT2D eigenvalue weighted by Gasteiger charge is -2.22. The van der Waals surface area contributed by atoms with E-state index in [1.807, 2.05) is 0 Å². The summed E-state index contributed by atoms with van der Waals surface area (Å²) in [5.41, 5.74) is -5.24. The summed E-state index contributed by atoms with van der Waals surface area (Å²) < 4.78 is 0. The van der Waals surface area contributed by atoms with E-state index in [1.54, 1.807) is 91.0 Å². The molecule has 10 bridgehead atoms. The Hall–Kier alpha value is -11.5. The minimum atomic E-state index is -0.805. The molecule has 0 aliphatic heterocycles. The third kappa shape index (κ3) is 10.2. The average molecular weight is 1130 g/mol. The van der Waals surface area contributed by atoms with Gasteiger partial charge in [-0.05, 0) is 58.1 Å². The quantitative estimate of drug-likeness (QED) is 0.0570. The van der Waals surface area contributed by atoms with Crippen LogP contribution in [0.1, 0.15) is 135 Å². The van der Waals surface area contributed by atoms with Crippen LogP contribution in [-0.2, 0) is 32.1 Å². The SMILES string of the molecule is O=C(c1ccccc1)c1cc2c(O)c(c1O)Cc1cc(C(=O)c3ccccc3)c(O)c(c1O)Cc1cc(C(=O)c3ccccc3)c(O)c(c1O)Cc1cc(C(=O)c3ccccc3)c(O)c(c1O)Cc1cc(C(=O)c3ccccc3)c(O)c(c1O)C2. The van der Waals surface area contributed by atoms with E-state index < -0.39 is 174 Å². The second kappa shape index (κ2) is 22.5. The van der Waals surface area contributed by atoms with E-state index in [9.17, 15) is 75.0 Å². The van der Waals surface area contributed by atoms with Crippen molar-refractivity contribution in [2.45, 2.75) is 32.1 Å². The number of hydrogen-bond acceptors (Lipinski definition) is 15. The minimum Gasteiger partial charge on any atom is -0.507 e. The number of phenols is 10. The van der Waals surface area contributed by atoms with Gasteiger partial charge in [0.05, 0.1) is 27.8 Å². The molecule has 0 saturated heterocycles. The molecule has 11 rings (SSSR count). The summed E-state index contributed by atoms with van der Waals surface area (Å²) in [4.78, 5) is 72.9. The molecular weight excluding hydrogens is 1080 g/mol. The first-order chi connectivity index (χ1) is 40.9. The topological polar surface area (TPSA) is 288 Å². The summed E-state index contributed by atoms with van der Waals surface area (Å²) in [6, 6.07) is 44.2.